The van der Waals surface area contributed by atoms with Crippen LogP contribution in [0.4, 0.5) is 0 Å². The molecule has 0 radical (unpaired) electrons. The third-order valence-electron chi connectivity index (χ3n) is 2.43. The minimum Gasteiger partial charge on any atom is -0.370 e. The maximum absolute atomic E-state index is 11.5. The van der Waals surface area contributed by atoms with Gasteiger partial charge in [-0.25, -0.2) is 0 Å². The van der Waals surface area contributed by atoms with Gasteiger partial charge >= 0.3 is 0 Å². The molecule has 0 aromatic carbocycles. The number of carbonyl (C=O) groups is 1. The Bertz CT molecular complexity index is 168. The quantitative estimate of drug-likeness (QED) is 0.646. The van der Waals surface area contributed by atoms with Gasteiger partial charge in [0.1, 0.15) is 6.61 Å². The molecule has 0 aliphatic carbocycles. The zero-order valence-electron chi connectivity index (χ0n) is 8.92. The van der Waals surface area contributed by atoms with E-state index in [9.17, 15) is 4.79 Å². The number of nitrogens with one attached hydrogen (secondary N) is 1. The highest BCUT2D eigenvalue weighted by Crippen LogP contribution is 2.08. The second kappa shape index (κ2) is 6.79. The largest absolute Gasteiger partial charge is 0.370 e. The number of ether oxygens (including phenoxy) is 1. The molecule has 1 saturated heterocycles. The molecule has 1 aliphatic heterocycles. The zero-order valence-corrected chi connectivity index (χ0v) is 8.92. The van der Waals surface area contributed by atoms with Gasteiger partial charge < -0.3 is 15.0 Å². The van der Waals surface area contributed by atoms with Gasteiger partial charge in [-0.05, 0) is 26.3 Å². The van der Waals surface area contributed by atoms with Crippen LogP contribution in [0.15, 0.2) is 0 Å². The number of rotatable bonds is 5. The number of likely N-dealkylation sites (N-methyl/N-ethyl adjacent to an activating group) is 1. The lowest BCUT2D eigenvalue weighted by molar-refractivity contribution is -0.136. The van der Waals surface area contributed by atoms with Crippen LogP contribution in [0.25, 0.3) is 0 Å². The van der Waals surface area contributed by atoms with Gasteiger partial charge in [0.05, 0.1) is 6.61 Å². The van der Waals surface area contributed by atoms with Crippen molar-refractivity contribution in [3.05, 3.63) is 0 Å². The molecular formula is C10H20N2O2. The van der Waals surface area contributed by atoms with Crippen LogP contribution in [0, 0.1) is 0 Å². The summed E-state index contributed by atoms with van der Waals surface area (Å²) in [4.78, 5) is 13.4. The minimum atomic E-state index is 0.140. The van der Waals surface area contributed by atoms with Gasteiger partial charge in [0, 0.05) is 19.6 Å². The molecule has 1 amide bonds. The molecular weight excluding hydrogens is 180 g/mol. The van der Waals surface area contributed by atoms with E-state index in [0.29, 0.717) is 6.61 Å². The summed E-state index contributed by atoms with van der Waals surface area (Å²) < 4.78 is 5.24. The van der Waals surface area contributed by atoms with Crippen LogP contribution in [-0.4, -0.2) is 50.7 Å². The summed E-state index contributed by atoms with van der Waals surface area (Å²) in [5.74, 6) is 0.140. The number of likely N-dealkylation sites (tertiary alicyclic amines) is 1. The second-order valence-corrected chi connectivity index (χ2v) is 3.60. The zero-order chi connectivity index (χ0) is 10.2. The van der Waals surface area contributed by atoms with Crippen LogP contribution < -0.4 is 5.32 Å². The van der Waals surface area contributed by atoms with Crippen LogP contribution in [0.2, 0.25) is 0 Å². The Morgan fingerprint density at radius 3 is 2.71 bits per heavy atom. The lowest BCUT2D eigenvalue weighted by atomic mass is 10.1. The van der Waals surface area contributed by atoms with Gasteiger partial charge in [-0.3, -0.25) is 4.79 Å². The summed E-state index contributed by atoms with van der Waals surface area (Å²) in [5, 5.41) is 2.97. The molecule has 0 spiro atoms. The molecule has 0 bridgehead atoms. The summed E-state index contributed by atoms with van der Waals surface area (Å²) >= 11 is 0. The van der Waals surface area contributed by atoms with Crippen molar-refractivity contribution in [1.82, 2.24) is 10.2 Å². The molecule has 82 valence electrons. The molecule has 14 heavy (non-hydrogen) atoms. The van der Waals surface area contributed by atoms with Crippen LogP contribution in [0.3, 0.4) is 0 Å². The Balaban J connectivity index is 2.07. The van der Waals surface area contributed by atoms with Gasteiger partial charge in [0.15, 0.2) is 0 Å². The van der Waals surface area contributed by atoms with E-state index in [1.807, 2.05) is 11.9 Å². The average molecular weight is 200 g/mol. The number of piperidine rings is 1. The van der Waals surface area contributed by atoms with Crippen molar-refractivity contribution in [1.29, 1.82) is 0 Å². The number of amides is 1. The molecule has 0 aromatic rings. The van der Waals surface area contributed by atoms with Gasteiger partial charge in [-0.2, -0.15) is 0 Å². The Labute approximate surface area is 85.6 Å². The SMILES string of the molecule is CNCCOCC(=O)N1CCCCC1. The van der Waals surface area contributed by atoms with Crippen molar-refractivity contribution in [3.63, 3.8) is 0 Å². The first kappa shape index (κ1) is 11.5. The van der Waals surface area contributed by atoms with E-state index in [-0.39, 0.29) is 12.5 Å². The number of hydrogen-bond acceptors (Lipinski definition) is 3. The Hall–Kier alpha value is -0.610. The Morgan fingerprint density at radius 2 is 2.07 bits per heavy atom. The molecule has 0 atom stereocenters. The summed E-state index contributed by atoms with van der Waals surface area (Å²) in [6.45, 7) is 3.47. The topological polar surface area (TPSA) is 41.6 Å². The van der Waals surface area contributed by atoms with Crippen molar-refractivity contribution in [3.8, 4) is 0 Å². The highest BCUT2D eigenvalue weighted by atomic mass is 16.5. The third-order valence-corrected chi connectivity index (χ3v) is 2.43. The van der Waals surface area contributed by atoms with Crippen molar-refractivity contribution >= 4 is 5.91 Å². The summed E-state index contributed by atoms with van der Waals surface area (Å²) in [6.07, 6.45) is 3.54. The van der Waals surface area contributed by atoms with Crippen molar-refractivity contribution in [2.24, 2.45) is 0 Å². The lowest BCUT2D eigenvalue weighted by Crippen LogP contribution is -2.38. The van der Waals surface area contributed by atoms with E-state index >= 15 is 0 Å². The summed E-state index contributed by atoms with van der Waals surface area (Å²) in [5.41, 5.74) is 0. The monoisotopic (exact) mass is 200 g/mol. The van der Waals surface area contributed by atoms with E-state index in [0.717, 1.165) is 32.5 Å². The molecule has 1 N–H and O–H groups in total. The Kier molecular flexibility index (Phi) is 5.56. The maximum atomic E-state index is 11.5. The lowest BCUT2D eigenvalue weighted by Gasteiger charge is -2.26. The van der Waals surface area contributed by atoms with Gasteiger partial charge in [0.2, 0.25) is 5.91 Å². The van der Waals surface area contributed by atoms with Crippen molar-refractivity contribution < 1.29 is 9.53 Å². The summed E-state index contributed by atoms with van der Waals surface area (Å²) in [7, 11) is 1.87. The van der Waals surface area contributed by atoms with E-state index < -0.39 is 0 Å². The first-order valence-electron chi connectivity index (χ1n) is 5.34. The fraction of sp³-hybridized carbons (Fsp3) is 0.900. The van der Waals surface area contributed by atoms with E-state index in [1.54, 1.807) is 0 Å². The highest BCUT2D eigenvalue weighted by Gasteiger charge is 2.15. The third kappa shape index (κ3) is 4.07. The van der Waals surface area contributed by atoms with Gasteiger partial charge in [-0.1, -0.05) is 0 Å². The molecule has 1 aliphatic rings. The molecule has 0 saturated carbocycles. The molecule has 1 fully saturated rings. The fourth-order valence-electron chi connectivity index (χ4n) is 1.57. The standard InChI is InChI=1S/C10H20N2O2/c1-11-5-8-14-9-10(13)12-6-3-2-4-7-12/h11H,2-9H2,1H3. The first-order chi connectivity index (χ1) is 6.84. The molecule has 1 rings (SSSR count). The first-order valence-corrected chi connectivity index (χ1v) is 5.34. The highest BCUT2D eigenvalue weighted by molar-refractivity contribution is 5.77. The van der Waals surface area contributed by atoms with E-state index in [4.69, 9.17) is 4.74 Å². The fourth-order valence-corrected chi connectivity index (χ4v) is 1.57. The number of nitrogens with zero attached hydrogens (tertiary/aromatic N) is 1. The molecule has 1 heterocycles. The van der Waals surface area contributed by atoms with Crippen LogP contribution in [0.1, 0.15) is 19.3 Å². The van der Waals surface area contributed by atoms with Gasteiger partial charge in [-0.15, -0.1) is 0 Å². The molecule has 0 aromatic heterocycles. The van der Waals surface area contributed by atoms with Crippen LogP contribution >= 0.6 is 0 Å². The average Bonchev–Trinajstić information content (AvgIpc) is 2.25. The predicted octanol–water partition coefficient (Wildman–Crippen LogP) is 0.235. The number of carbonyl (C=O) groups excluding carboxylic acids is 1. The second-order valence-electron chi connectivity index (χ2n) is 3.60. The van der Waals surface area contributed by atoms with Gasteiger partial charge in [0.25, 0.3) is 0 Å². The maximum Gasteiger partial charge on any atom is 0.248 e. The predicted molar refractivity (Wildman–Crippen MR) is 55.2 cm³/mol. The normalized spacial score (nSPS) is 17.1. The molecule has 4 nitrogen and oxygen atoms in total. The van der Waals surface area contributed by atoms with E-state index in [2.05, 4.69) is 5.32 Å². The minimum absolute atomic E-state index is 0.140. The molecule has 4 heteroatoms. The van der Waals surface area contributed by atoms with Crippen molar-refractivity contribution in [2.75, 3.05) is 39.9 Å². The van der Waals surface area contributed by atoms with Crippen LogP contribution in [0.5, 0.6) is 0 Å². The molecule has 0 unspecified atom stereocenters. The van der Waals surface area contributed by atoms with E-state index in [1.165, 1.54) is 6.42 Å². The smallest absolute Gasteiger partial charge is 0.248 e. The summed E-state index contributed by atoms with van der Waals surface area (Å²) in [6, 6.07) is 0. The Morgan fingerprint density at radius 1 is 1.36 bits per heavy atom. The number of hydrogen-bond donors (Lipinski definition) is 1. The van der Waals surface area contributed by atoms with Crippen molar-refractivity contribution in [2.45, 2.75) is 19.3 Å². The van der Waals surface area contributed by atoms with Crippen LogP contribution in [-0.2, 0) is 9.53 Å².